The van der Waals surface area contributed by atoms with Gasteiger partial charge in [-0.1, -0.05) is 29.8 Å². The second kappa shape index (κ2) is 4.78. The number of halogens is 1. The van der Waals surface area contributed by atoms with E-state index in [1.54, 1.807) is 24.3 Å². The molecule has 1 aliphatic rings. The third kappa shape index (κ3) is 2.22. The number of nitrogens with one attached hydrogen (secondary N) is 1. The molecule has 0 aromatic heterocycles. The molecule has 1 atom stereocenters. The third-order valence-electron chi connectivity index (χ3n) is 2.86. The number of rotatable bonds is 2. The van der Waals surface area contributed by atoms with Gasteiger partial charge in [-0.15, -0.1) is 0 Å². The number of urea groups is 1. The molecule has 0 spiro atoms. The number of imide groups is 2. The summed E-state index contributed by atoms with van der Waals surface area (Å²) in [6.07, 6.45) is 0.182. The molecule has 94 valence electrons. The van der Waals surface area contributed by atoms with Crippen LogP contribution in [0.25, 0.3) is 0 Å². The Balaban J connectivity index is 2.23. The monoisotopic (exact) mass is 266 g/mol. The van der Waals surface area contributed by atoms with E-state index in [9.17, 15) is 14.4 Å². The molecule has 0 saturated carbocycles. The Morgan fingerprint density at radius 2 is 1.94 bits per heavy atom. The second-order valence-electron chi connectivity index (χ2n) is 4.04. The zero-order valence-corrected chi connectivity index (χ0v) is 10.4. The van der Waals surface area contributed by atoms with Gasteiger partial charge in [0.05, 0.1) is 0 Å². The van der Waals surface area contributed by atoms with Crippen LogP contribution < -0.4 is 5.32 Å². The van der Waals surface area contributed by atoms with Crippen molar-refractivity contribution in [1.29, 1.82) is 0 Å². The number of hydrogen-bond acceptors (Lipinski definition) is 3. The molecular formula is C12H11ClN2O3. The van der Waals surface area contributed by atoms with Gasteiger partial charge in [-0.05, 0) is 18.1 Å². The van der Waals surface area contributed by atoms with Gasteiger partial charge < -0.3 is 0 Å². The Labute approximate surface area is 109 Å². The first-order chi connectivity index (χ1) is 8.50. The summed E-state index contributed by atoms with van der Waals surface area (Å²) in [5.41, 5.74) is 0.704. The van der Waals surface area contributed by atoms with Crippen LogP contribution in [0.1, 0.15) is 5.56 Å². The molecule has 4 amide bonds. The van der Waals surface area contributed by atoms with Crippen LogP contribution in [-0.4, -0.2) is 29.8 Å². The molecule has 1 aromatic carbocycles. The van der Waals surface area contributed by atoms with Gasteiger partial charge in [0.1, 0.15) is 5.92 Å². The number of hydrogen-bond donors (Lipinski definition) is 1. The molecule has 0 bridgehead atoms. The first-order valence-electron chi connectivity index (χ1n) is 5.36. The lowest BCUT2D eigenvalue weighted by Crippen LogP contribution is -2.56. The van der Waals surface area contributed by atoms with Crippen molar-refractivity contribution in [2.75, 3.05) is 7.05 Å². The number of amides is 4. The predicted octanol–water partition coefficient (Wildman–Crippen LogP) is 1.21. The summed E-state index contributed by atoms with van der Waals surface area (Å²) in [7, 11) is 1.34. The summed E-state index contributed by atoms with van der Waals surface area (Å²) < 4.78 is 0. The second-order valence-corrected chi connectivity index (χ2v) is 4.45. The minimum absolute atomic E-state index is 0.182. The third-order valence-corrected chi connectivity index (χ3v) is 3.23. The lowest BCUT2D eigenvalue weighted by Gasteiger charge is -2.27. The molecule has 0 radical (unpaired) electrons. The maximum atomic E-state index is 11.9. The summed E-state index contributed by atoms with van der Waals surface area (Å²) in [4.78, 5) is 35.6. The average Bonchev–Trinajstić information content (AvgIpc) is 2.34. The van der Waals surface area contributed by atoms with Gasteiger partial charge in [0.2, 0.25) is 11.8 Å². The van der Waals surface area contributed by atoms with Crippen molar-refractivity contribution in [3.63, 3.8) is 0 Å². The van der Waals surface area contributed by atoms with E-state index in [4.69, 9.17) is 11.6 Å². The van der Waals surface area contributed by atoms with E-state index in [0.717, 1.165) is 4.90 Å². The van der Waals surface area contributed by atoms with Crippen molar-refractivity contribution in [1.82, 2.24) is 10.2 Å². The van der Waals surface area contributed by atoms with E-state index in [1.165, 1.54) is 7.05 Å². The highest BCUT2D eigenvalue weighted by Gasteiger charge is 2.38. The Morgan fingerprint density at radius 1 is 1.28 bits per heavy atom. The van der Waals surface area contributed by atoms with Crippen molar-refractivity contribution >= 4 is 29.4 Å². The van der Waals surface area contributed by atoms with Crippen LogP contribution in [0.3, 0.4) is 0 Å². The fourth-order valence-electron chi connectivity index (χ4n) is 1.79. The lowest BCUT2D eigenvalue weighted by atomic mass is 9.96. The highest BCUT2D eigenvalue weighted by atomic mass is 35.5. The van der Waals surface area contributed by atoms with Crippen molar-refractivity contribution in [3.8, 4) is 0 Å². The molecule has 1 N–H and O–H groups in total. The average molecular weight is 267 g/mol. The Hall–Kier alpha value is -1.88. The van der Waals surface area contributed by atoms with Gasteiger partial charge in [0.25, 0.3) is 0 Å². The van der Waals surface area contributed by atoms with Gasteiger partial charge in [0, 0.05) is 12.1 Å². The van der Waals surface area contributed by atoms with Crippen molar-refractivity contribution in [3.05, 3.63) is 34.9 Å². The van der Waals surface area contributed by atoms with Gasteiger partial charge in [-0.25, -0.2) is 4.79 Å². The summed E-state index contributed by atoms with van der Waals surface area (Å²) >= 11 is 5.98. The number of benzene rings is 1. The van der Waals surface area contributed by atoms with Crippen LogP contribution in [-0.2, 0) is 16.0 Å². The van der Waals surface area contributed by atoms with Gasteiger partial charge >= 0.3 is 6.03 Å². The number of carbonyl (C=O) groups is 3. The molecule has 1 aliphatic heterocycles. The fourth-order valence-corrected chi connectivity index (χ4v) is 2.00. The Morgan fingerprint density at radius 3 is 2.61 bits per heavy atom. The molecule has 18 heavy (non-hydrogen) atoms. The molecule has 2 rings (SSSR count). The zero-order valence-electron chi connectivity index (χ0n) is 9.64. The van der Waals surface area contributed by atoms with Crippen LogP contribution >= 0.6 is 11.6 Å². The predicted molar refractivity (Wildman–Crippen MR) is 65.0 cm³/mol. The van der Waals surface area contributed by atoms with Crippen molar-refractivity contribution in [2.45, 2.75) is 6.42 Å². The Bertz CT molecular complexity index is 530. The topological polar surface area (TPSA) is 66.5 Å². The van der Waals surface area contributed by atoms with Crippen molar-refractivity contribution < 1.29 is 14.4 Å². The number of carbonyl (C=O) groups excluding carboxylic acids is 3. The number of barbiturate groups is 1. The maximum absolute atomic E-state index is 11.9. The molecule has 5 nitrogen and oxygen atoms in total. The smallest absolute Gasteiger partial charge is 0.277 e. The first kappa shape index (κ1) is 12.6. The normalized spacial score (nSPS) is 20.0. The molecule has 1 saturated heterocycles. The fraction of sp³-hybridized carbons (Fsp3) is 0.250. The number of nitrogens with zero attached hydrogens (tertiary/aromatic N) is 1. The van der Waals surface area contributed by atoms with E-state index in [-0.39, 0.29) is 6.42 Å². The molecule has 1 heterocycles. The standard InChI is InChI=1S/C12H11ClN2O3/c1-15-11(17)8(10(16)14-12(15)18)6-7-4-2-3-5-9(7)13/h2-5,8H,6H2,1H3,(H,14,16,18). The van der Waals surface area contributed by atoms with Crippen LogP contribution in [0.5, 0.6) is 0 Å². The SMILES string of the molecule is CN1C(=O)NC(=O)C(Cc2ccccc2Cl)C1=O. The van der Waals surface area contributed by atoms with Crippen LogP contribution in [0, 0.1) is 5.92 Å². The van der Waals surface area contributed by atoms with E-state index in [0.29, 0.717) is 10.6 Å². The van der Waals surface area contributed by atoms with Gasteiger partial charge in [0.15, 0.2) is 0 Å². The summed E-state index contributed by atoms with van der Waals surface area (Å²) in [6, 6.07) is 6.29. The quantitative estimate of drug-likeness (QED) is 0.818. The molecule has 0 aliphatic carbocycles. The van der Waals surface area contributed by atoms with Crippen LogP contribution in [0.2, 0.25) is 5.02 Å². The molecule has 6 heteroatoms. The van der Waals surface area contributed by atoms with E-state index >= 15 is 0 Å². The highest BCUT2D eigenvalue weighted by Crippen LogP contribution is 2.21. The molecular weight excluding hydrogens is 256 g/mol. The van der Waals surface area contributed by atoms with E-state index in [2.05, 4.69) is 5.32 Å². The lowest BCUT2D eigenvalue weighted by molar-refractivity contribution is -0.141. The first-order valence-corrected chi connectivity index (χ1v) is 5.74. The molecule has 1 fully saturated rings. The molecule has 1 aromatic rings. The Kier molecular flexibility index (Phi) is 3.34. The highest BCUT2D eigenvalue weighted by molar-refractivity contribution is 6.31. The van der Waals surface area contributed by atoms with Gasteiger partial charge in [-0.2, -0.15) is 0 Å². The minimum Gasteiger partial charge on any atom is -0.277 e. The summed E-state index contributed by atoms with van der Waals surface area (Å²) in [5, 5.41) is 2.63. The van der Waals surface area contributed by atoms with E-state index < -0.39 is 23.8 Å². The largest absolute Gasteiger partial charge is 0.330 e. The minimum atomic E-state index is -0.910. The van der Waals surface area contributed by atoms with E-state index in [1.807, 2.05) is 0 Å². The van der Waals surface area contributed by atoms with Gasteiger partial charge in [-0.3, -0.25) is 19.8 Å². The van der Waals surface area contributed by atoms with Crippen LogP contribution in [0.15, 0.2) is 24.3 Å². The molecule has 1 unspecified atom stereocenters. The van der Waals surface area contributed by atoms with Crippen molar-refractivity contribution in [2.24, 2.45) is 5.92 Å². The summed E-state index contributed by atoms with van der Waals surface area (Å²) in [6.45, 7) is 0. The maximum Gasteiger partial charge on any atom is 0.330 e. The zero-order chi connectivity index (χ0) is 13.3. The summed E-state index contributed by atoms with van der Waals surface area (Å²) in [5.74, 6) is -2.00. The van der Waals surface area contributed by atoms with Crippen LogP contribution in [0.4, 0.5) is 4.79 Å².